The van der Waals surface area contributed by atoms with E-state index in [4.69, 9.17) is 0 Å². The molecule has 0 aromatic heterocycles. The van der Waals surface area contributed by atoms with Crippen LogP contribution in [0, 0.1) is 0 Å². The van der Waals surface area contributed by atoms with E-state index in [0.29, 0.717) is 5.25 Å². The van der Waals surface area contributed by atoms with Gasteiger partial charge in [-0.15, -0.1) is 11.8 Å². The molecule has 90 valence electrons. The van der Waals surface area contributed by atoms with Crippen LogP contribution in [-0.2, 0) is 0 Å². The van der Waals surface area contributed by atoms with Gasteiger partial charge >= 0.3 is 0 Å². The van der Waals surface area contributed by atoms with Crippen LogP contribution in [0.15, 0.2) is 35.2 Å². The fraction of sp³-hybridized carbons (Fsp3) is 0.538. The third-order valence-electron chi connectivity index (χ3n) is 2.47. The molecule has 16 heavy (non-hydrogen) atoms. The Hall–Kier alpha value is -0.120. The SMILES string of the molecule is CCC[C@@H](O)[C@@H](CSc1ccccc1)SC. The van der Waals surface area contributed by atoms with Gasteiger partial charge in [-0.2, -0.15) is 11.8 Å². The Balaban J connectivity index is 2.39. The zero-order valence-corrected chi connectivity index (χ0v) is 11.6. The minimum absolute atomic E-state index is 0.170. The van der Waals surface area contributed by atoms with Gasteiger partial charge in [0.05, 0.1) is 6.10 Å². The molecule has 1 aromatic carbocycles. The summed E-state index contributed by atoms with van der Waals surface area (Å²) < 4.78 is 0. The maximum Gasteiger partial charge on any atom is 0.0666 e. The minimum atomic E-state index is -0.170. The lowest BCUT2D eigenvalue weighted by Gasteiger charge is -2.20. The van der Waals surface area contributed by atoms with E-state index in [9.17, 15) is 5.11 Å². The zero-order valence-electron chi connectivity index (χ0n) is 9.93. The lowest BCUT2D eigenvalue weighted by Crippen LogP contribution is -2.24. The van der Waals surface area contributed by atoms with Crippen molar-refractivity contribution in [3.8, 4) is 0 Å². The second kappa shape index (κ2) is 8.04. The van der Waals surface area contributed by atoms with Crippen molar-refractivity contribution in [2.24, 2.45) is 0 Å². The molecule has 0 aliphatic rings. The Kier molecular flexibility index (Phi) is 7.01. The lowest BCUT2D eigenvalue weighted by molar-refractivity contribution is 0.166. The second-order valence-corrected chi connectivity index (χ2v) is 5.92. The quantitative estimate of drug-likeness (QED) is 0.752. The van der Waals surface area contributed by atoms with Crippen molar-refractivity contribution in [3.63, 3.8) is 0 Å². The lowest BCUT2D eigenvalue weighted by atomic mass is 10.1. The molecule has 0 amide bonds. The topological polar surface area (TPSA) is 20.2 Å². The van der Waals surface area contributed by atoms with Crippen molar-refractivity contribution < 1.29 is 5.11 Å². The third kappa shape index (κ3) is 4.81. The summed E-state index contributed by atoms with van der Waals surface area (Å²) in [5.74, 6) is 0.979. The van der Waals surface area contributed by atoms with Gasteiger partial charge in [-0.25, -0.2) is 0 Å². The smallest absolute Gasteiger partial charge is 0.0666 e. The molecule has 0 fully saturated rings. The summed E-state index contributed by atoms with van der Waals surface area (Å²) in [5, 5.41) is 10.3. The molecule has 1 aromatic rings. The number of rotatable bonds is 7. The molecule has 0 saturated carbocycles. The van der Waals surface area contributed by atoms with Gasteiger partial charge < -0.3 is 5.11 Å². The van der Waals surface area contributed by atoms with Crippen molar-refractivity contribution in [2.45, 2.75) is 36.0 Å². The van der Waals surface area contributed by atoms with Gasteiger partial charge in [0.25, 0.3) is 0 Å². The summed E-state index contributed by atoms with van der Waals surface area (Å²) >= 11 is 3.59. The molecule has 0 aliphatic carbocycles. The Morgan fingerprint density at radius 3 is 2.50 bits per heavy atom. The Morgan fingerprint density at radius 2 is 1.94 bits per heavy atom. The molecule has 3 heteroatoms. The maximum atomic E-state index is 9.95. The maximum absolute atomic E-state index is 9.95. The van der Waals surface area contributed by atoms with E-state index < -0.39 is 0 Å². The van der Waals surface area contributed by atoms with Gasteiger partial charge in [-0.05, 0) is 24.8 Å². The normalized spacial score (nSPS) is 14.7. The van der Waals surface area contributed by atoms with Crippen molar-refractivity contribution >= 4 is 23.5 Å². The van der Waals surface area contributed by atoms with E-state index in [1.807, 2.05) is 17.8 Å². The molecule has 0 bridgehead atoms. The highest BCUT2D eigenvalue weighted by atomic mass is 32.2. The second-order valence-electron chi connectivity index (χ2n) is 3.75. The molecule has 0 unspecified atom stereocenters. The summed E-state index contributed by atoms with van der Waals surface area (Å²) in [6.07, 6.45) is 3.86. The Bertz CT molecular complexity index is 277. The summed E-state index contributed by atoms with van der Waals surface area (Å²) in [7, 11) is 0. The molecular weight excluding hydrogens is 236 g/mol. The standard InChI is InChI=1S/C13H20OS2/c1-3-7-12(14)13(15-2)10-16-11-8-5-4-6-9-11/h4-6,8-9,12-14H,3,7,10H2,1-2H3/t12-,13-/m1/s1. The van der Waals surface area contributed by atoms with Crippen LogP contribution in [0.4, 0.5) is 0 Å². The highest BCUT2D eigenvalue weighted by molar-refractivity contribution is 8.03. The van der Waals surface area contributed by atoms with Crippen LogP contribution in [-0.4, -0.2) is 28.5 Å². The van der Waals surface area contributed by atoms with E-state index >= 15 is 0 Å². The van der Waals surface area contributed by atoms with Gasteiger partial charge in [0.1, 0.15) is 0 Å². The first-order chi connectivity index (χ1) is 7.77. The van der Waals surface area contributed by atoms with Crippen LogP contribution < -0.4 is 0 Å². The molecule has 0 heterocycles. The van der Waals surface area contributed by atoms with Crippen molar-refractivity contribution in [1.82, 2.24) is 0 Å². The molecule has 2 atom stereocenters. The van der Waals surface area contributed by atoms with Crippen LogP contribution in [0.2, 0.25) is 0 Å². The Morgan fingerprint density at radius 1 is 1.25 bits per heavy atom. The number of aliphatic hydroxyl groups excluding tert-OH is 1. The van der Waals surface area contributed by atoms with Gasteiger partial charge in [-0.3, -0.25) is 0 Å². The number of thioether (sulfide) groups is 2. The van der Waals surface area contributed by atoms with Crippen molar-refractivity contribution in [2.75, 3.05) is 12.0 Å². The van der Waals surface area contributed by atoms with Crippen LogP contribution in [0.25, 0.3) is 0 Å². The first kappa shape index (κ1) is 13.9. The molecule has 1 N–H and O–H groups in total. The predicted octanol–water partition coefficient (Wildman–Crippen LogP) is 3.67. The van der Waals surface area contributed by atoms with E-state index in [2.05, 4.69) is 37.4 Å². The average Bonchev–Trinajstić information content (AvgIpc) is 2.31. The minimum Gasteiger partial charge on any atom is -0.392 e. The molecule has 0 saturated heterocycles. The Labute approximate surface area is 107 Å². The van der Waals surface area contributed by atoms with E-state index in [-0.39, 0.29) is 6.10 Å². The van der Waals surface area contributed by atoms with Gasteiger partial charge in [0, 0.05) is 15.9 Å². The van der Waals surface area contributed by atoms with Crippen LogP contribution >= 0.6 is 23.5 Å². The zero-order chi connectivity index (χ0) is 11.8. The molecular formula is C13H20OS2. The summed E-state index contributed by atoms with van der Waals surface area (Å²) in [6, 6.07) is 10.4. The van der Waals surface area contributed by atoms with Crippen LogP contribution in [0.5, 0.6) is 0 Å². The highest BCUT2D eigenvalue weighted by Gasteiger charge is 2.17. The molecule has 1 nitrogen and oxygen atoms in total. The average molecular weight is 256 g/mol. The van der Waals surface area contributed by atoms with Crippen molar-refractivity contribution in [3.05, 3.63) is 30.3 Å². The van der Waals surface area contributed by atoms with E-state index in [0.717, 1.165) is 18.6 Å². The van der Waals surface area contributed by atoms with Gasteiger partial charge in [0.15, 0.2) is 0 Å². The monoisotopic (exact) mass is 256 g/mol. The highest BCUT2D eigenvalue weighted by Crippen LogP contribution is 2.25. The number of hydrogen-bond donors (Lipinski definition) is 1. The van der Waals surface area contributed by atoms with Crippen LogP contribution in [0.3, 0.4) is 0 Å². The molecule has 0 radical (unpaired) electrons. The largest absolute Gasteiger partial charge is 0.392 e. The van der Waals surface area contributed by atoms with E-state index in [1.54, 1.807) is 11.8 Å². The van der Waals surface area contributed by atoms with Gasteiger partial charge in [0.2, 0.25) is 0 Å². The fourth-order valence-electron chi connectivity index (χ4n) is 1.51. The first-order valence-corrected chi connectivity index (χ1v) is 7.94. The third-order valence-corrected chi connectivity index (χ3v) is 4.90. The summed E-state index contributed by atoms with van der Waals surface area (Å²) in [5.41, 5.74) is 0. The predicted molar refractivity (Wildman–Crippen MR) is 75.4 cm³/mol. The molecule has 0 aliphatic heterocycles. The number of hydrogen-bond acceptors (Lipinski definition) is 3. The first-order valence-electron chi connectivity index (χ1n) is 5.66. The van der Waals surface area contributed by atoms with Crippen LogP contribution in [0.1, 0.15) is 19.8 Å². The summed E-state index contributed by atoms with van der Waals surface area (Å²) in [4.78, 5) is 1.28. The molecule has 0 spiro atoms. The fourth-order valence-corrected chi connectivity index (χ4v) is 3.64. The van der Waals surface area contributed by atoms with Gasteiger partial charge in [-0.1, -0.05) is 31.5 Å². The summed E-state index contributed by atoms with van der Waals surface area (Å²) in [6.45, 7) is 2.12. The van der Waals surface area contributed by atoms with Crippen molar-refractivity contribution in [1.29, 1.82) is 0 Å². The number of benzene rings is 1. The molecule has 1 rings (SSSR count). The number of aliphatic hydroxyl groups is 1. The van der Waals surface area contributed by atoms with E-state index in [1.165, 1.54) is 4.90 Å².